The van der Waals surface area contributed by atoms with E-state index in [2.05, 4.69) is 34.2 Å². The molecule has 0 spiro atoms. The van der Waals surface area contributed by atoms with Crippen LogP contribution in [0.15, 0.2) is 42.7 Å². The van der Waals surface area contributed by atoms with E-state index in [0.29, 0.717) is 12.6 Å². The molecule has 5 heteroatoms. The Balaban J connectivity index is 1.35. The van der Waals surface area contributed by atoms with Crippen LogP contribution in [-0.2, 0) is 12.8 Å². The molecular weight excluding hydrogens is 302 g/mol. The van der Waals surface area contributed by atoms with E-state index in [1.807, 2.05) is 12.1 Å². The first-order valence-electron chi connectivity index (χ1n) is 8.17. The number of fused-ring (bicyclic) bond motifs is 2. The highest BCUT2D eigenvalue weighted by molar-refractivity contribution is 5.88. The van der Waals surface area contributed by atoms with Gasteiger partial charge in [-0.3, -0.25) is 0 Å². The number of aromatic nitrogens is 2. The molecule has 0 atom stereocenters. The molecule has 2 N–H and O–H groups in total. The standard InChI is InChI=1S/C19H19N3O2/c20-19-15-9-13(5-7-16(15)21-11-22-19)3-1-2-4-14-6-8-17-18(10-14)24-12-23-17/h5-11H,1-4,12H2,(H2,20,21,22). The molecule has 1 aliphatic rings. The van der Waals surface area contributed by atoms with Gasteiger partial charge >= 0.3 is 0 Å². The van der Waals surface area contributed by atoms with Crippen molar-refractivity contribution in [2.75, 3.05) is 12.5 Å². The minimum absolute atomic E-state index is 0.327. The first-order valence-corrected chi connectivity index (χ1v) is 8.17. The van der Waals surface area contributed by atoms with Crippen LogP contribution >= 0.6 is 0 Å². The highest BCUT2D eigenvalue weighted by Crippen LogP contribution is 2.32. The molecule has 2 aromatic carbocycles. The van der Waals surface area contributed by atoms with E-state index in [4.69, 9.17) is 15.2 Å². The maximum atomic E-state index is 5.93. The number of ether oxygens (including phenoxy) is 2. The molecule has 4 rings (SSSR count). The highest BCUT2D eigenvalue weighted by atomic mass is 16.7. The molecule has 24 heavy (non-hydrogen) atoms. The van der Waals surface area contributed by atoms with Crippen molar-refractivity contribution in [3.8, 4) is 11.5 Å². The fourth-order valence-electron chi connectivity index (χ4n) is 3.03. The van der Waals surface area contributed by atoms with Gasteiger partial charge in [0.1, 0.15) is 12.1 Å². The van der Waals surface area contributed by atoms with Crippen LogP contribution in [0.2, 0.25) is 0 Å². The minimum atomic E-state index is 0.327. The number of unbranched alkanes of at least 4 members (excludes halogenated alkanes) is 1. The van der Waals surface area contributed by atoms with E-state index >= 15 is 0 Å². The summed E-state index contributed by atoms with van der Waals surface area (Å²) >= 11 is 0. The van der Waals surface area contributed by atoms with Crippen LogP contribution in [0.3, 0.4) is 0 Å². The Morgan fingerprint density at radius 3 is 2.50 bits per heavy atom. The second kappa shape index (κ2) is 6.35. The number of hydrogen-bond acceptors (Lipinski definition) is 5. The predicted octanol–water partition coefficient (Wildman–Crippen LogP) is 3.51. The lowest BCUT2D eigenvalue weighted by Crippen LogP contribution is -1.95. The highest BCUT2D eigenvalue weighted by Gasteiger charge is 2.12. The molecule has 0 aliphatic carbocycles. The van der Waals surface area contributed by atoms with Crippen LogP contribution in [0.5, 0.6) is 11.5 Å². The fourth-order valence-corrected chi connectivity index (χ4v) is 3.03. The number of hydrogen-bond donors (Lipinski definition) is 1. The molecule has 0 saturated heterocycles. The van der Waals surface area contributed by atoms with Crippen molar-refractivity contribution in [1.82, 2.24) is 9.97 Å². The third kappa shape index (κ3) is 2.97. The molecule has 3 aromatic rings. The van der Waals surface area contributed by atoms with E-state index < -0.39 is 0 Å². The Bertz CT molecular complexity index is 880. The average Bonchev–Trinajstić information content (AvgIpc) is 3.07. The summed E-state index contributed by atoms with van der Waals surface area (Å²) in [6.45, 7) is 0.327. The van der Waals surface area contributed by atoms with Crippen LogP contribution < -0.4 is 15.2 Å². The summed E-state index contributed by atoms with van der Waals surface area (Å²) in [5, 5.41) is 0.936. The van der Waals surface area contributed by atoms with Crippen LogP contribution in [0.4, 0.5) is 5.82 Å². The van der Waals surface area contributed by atoms with Crippen LogP contribution in [0.1, 0.15) is 24.0 Å². The first kappa shape index (κ1) is 14.8. The predicted molar refractivity (Wildman–Crippen MR) is 93.2 cm³/mol. The largest absolute Gasteiger partial charge is 0.454 e. The van der Waals surface area contributed by atoms with Crippen LogP contribution in [0, 0.1) is 0 Å². The molecule has 0 fully saturated rings. The molecule has 1 aliphatic heterocycles. The van der Waals surface area contributed by atoms with E-state index in [1.165, 1.54) is 17.5 Å². The Labute approximate surface area is 140 Å². The van der Waals surface area contributed by atoms with Gasteiger partial charge in [-0.1, -0.05) is 12.1 Å². The van der Waals surface area contributed by atoms with E-state index in [0.717, 1.165) is 48.1 Å². The maximum absolute atomic E-state index is 5.93. The van der Waals surface area contributed by atoms with Gasteiger partial charge < -0.3 is 15.2 Å². The van der Waals surface area contributed by atoms with Crippen molar-refractivity contribution in [3.05, 3.63) is 53.9 Å². The van der Waals surface area contributed by atoms with Crippen LogP contribution in [-0.4, -0.2) is 16.8 Å². The second-order valence-corrected chi connectivity index (χ2v) is 6.01. The molecule has 0 unspecified atom stereocenters. The van der Waals surface area contributed by atoms with Crippen molar-refractivity contribution in [3.63, 3.8) is 0 Å². The minimum Gasteiger partial charge on any atom is -0.454 e. The van der Waals surface area contributed by atoms with Gasteiger partial charge in [0.15, 0.2) is 11.5 Å². The number of aryl methyl sites for hydroxylation is 2. The normalized spacial score (nSPS) is 12.7. The zero-order valence-electron chi connectivity index (χ0n) is 13.4. The van der Waals surface area contributed by atoms with Crippen molar-refractivity contribution in [2.24, 2.45) is 0 Å². The number of benzene rings is 2. The van der Waals surface area contributed by atoms with Gasteiger partial charge in [-0.25, -0.2) is 9.97 Å². The van der Waals surface area contributed by atoms with Gasteiger partial charge in [0.05, 0.1) is 5.52 Å². The van der Waals surface area contributed by atoms with Gasteiger partial charge in [-0.05, 0) is 61.1 Å². The number of nitrogen functional groups attached to an aromatic ring is 1. The molecule has 2 heterocycles. The monoisotopic (exact) mass is 321 g/mol. The first-order chi connectivity index (χ1) is 11.8. The second-order valence-electron chi connectivity index (χ2n) is 6.01. The summed E-state index contributed by atoms with van der Waals surface area (Å²) in [6.07, 6.45) is 5.80. The van der Waals surface area contributed by atoms with E-state index in [-0.39, 0.29) is 0 Å². The van der Waals surface area contributed by atoms with Gasteiger partial charge in [-0.2, -0.15) is 0 Å². The summed E-state index contributed by atoms with van der Waals surface area (Å²) in [5.41, 5.74) is 9.38. The van der Waals surface area contributed by atoms with Crippen LogP contribution in [0.25, 0.3) is 10.9 Å². The van der Waals surface area contributed by atoms with Crippen molar-refractivity contribution >= 4 is 16.7 Å². The number of anilines is 1. The Morgan fingerprint density at radius 1 is 0.875 bits per heavy atom. The summed E-state index contributed by atoms with van der Waals surface area (Å²) in [6, 6.07) is 12.4. The molecular formula is C19H19N3O2. The molecule has 0 saturated carbocycles. The van der Waals surface area contributed by atoms with Crippen molar-refractivity contribution in [1.29, 1.82) is 0 Å². The lowest BCUT2D eigenvalue weighted by atomic mass is 10.0. The maximum Gasteiger partial charge on any atom is 0.231 e. The average molecular weight is 321 g/mol. The topological polar surface area (TPSA) is 70.3 Å². The summed E-state index contributed by atoms with van der Waals surface area (Å²) in [7, 11) is 0. The molecule has 0 bridgehead atoms. The Kier molecular flexibility index (Phi) is 3.91. The summed E-state index contributed by atoms with van der Waals surface area (Å²) < 4.78 is 10.8. The summed E-state index contributed by atoms with van der Waals surface area (Å²) in [5.74, 6) is 2.24. The van der Waals surface area contributed by atoms with Gasteiger partial charge in [0.25, 0.3) is 0 Å². The van der Waals surface area contributed by atoms with Gasteiger partial charge in [0, 0.05) is 5.39 Å². The third-order valence-corrected chi connectivity index (χ3v) is 4.35. The SMILES string of the molecule is Nc1ncnc2ccc(CCCCc3ccc4c(c3)OCO4)cc12. The third-order valence-electron chi connectivity index (χ3n) is 4.35. The van der Waals surface area contributed by atoms with E-state index in [1.54, 1.807) is 0 Å². The summed E-state index contributed by atoms with van der Waals surface area (Å²) in [4.78, 5) is 8.29. The molecule has 122 valence electrons. The van der Waals surface area contributed by atoms with Crippen molar-refractivity contribution in [2.45, 2.75) is 25.7 Å². The Morgan fingerprint density at radius 2 is 1.62 bits per heavy atom. The van der Waals surface area contributed by atoms with Gasteiger partial charge in [-0.15, -0.1) is 0 Å². The molecule has 1 aromatic heterocycles. The lowest BCUT2D eigenvalue weighted by Gasteiger charge is -2.06. The lowest BCUT2D eigenvalue weighted by molar-refractivity contribution is 0.174. The number of rotatable bonds is 5. The van der Waals surface area contributed by atoms with Crippen molar-refractivity contribution < 1.29 is 9.47 Å². The fraction of sp³-hybridized carbons (Fsp3) is 0.263. The van der Waals surface area contributed by atoms with Gasteiger partial charge in [0.2, 0.25) is 6.79 Å². The van der Waals surface area contributed by atoms with E-state index in [9.17, 15) is 0 Å². The molecule has 0 radical (unpaired) electrons. The quantitative estimate of drug-likeness (QED) is 0.728. The molecule has 0 amide bonds. The Hall–Kier alpha value is -2.82. The number of nitrogens with zero attached hydrogens (tertiary/aromatic N) is 2. The molecule has 5 nitrogen and oxygen atoms in total. The zero-order chi connectivity index (χ0) is 16.4. The smallest absolute Gasteiger partial charge is 0.231 e. The number of nitrogens with two attached hydrogens (primary N) is 1. The zero-order valence-corrected chi connectivity index (χ0v) is 13.4.